The normalized spacial score (nSPS) is 9.79. The largest absolute Gasteiger partial charge is 0.481 e. The number of aryl methyl sites for hydroxylation is 2. The summed E-state index contributed by atoms with van der Waals surface area (Å²) in [4.78, 5) is 20.7. The lowest BCUT2D eigenvalue weighted by atomic mass is 10.1. The van der Waals surface area contributed by atoms with E-state index in [4.69, 9.17) is 39.9 Å². The number of aliphatic carboxylic acids is 1. The molecule has 0 fully saturated rings. The second kappa shape index (κ2) is 11.1. The first-order valence-corrected chi connectivity index (χ1v) is 8.40. The SMILES string of the molecule is O=C(Cl)CCc1ccccc1Cl.O=C(O)CCc1ccccc1Cl. The van der Waals surface area contributed by atoms with Crippen LogP contribution in [0.2, 0.25) is 10.0 Å². The second-order valence-electron chi connectivity index (χ2n) is 4.93. The predicted molar refractivity (Wildman–Crippen MR) is 98.0 cm³/mol. The summed E-state index contributed by atoms with van der Waals surface area (Å²) >= 11 is 16.9. The Labute approximate surface area is 156 Å². The van der Waals surface area contributed by atoms with Crippen molar-refractivity contribution < 1.29 is 14.7 Å². The number of hydrogen-bond donors (Lipinski definition) is 1. The lowest BCUT2D eigenvalue weighted by Crippen LogP contribution is -1.97. The number of carbonyl (C=O) groups excluding carboxylic acids is 1. The van der Waals surface area contributed by atoms with E-state index >= 15 is 0 Å². The standard InChI is InChI=1S/C9H8Cl2O.C9H9ClO2/c2*10-8-4-2-1-3-7(8)5-6-9(11)12/h1-4H,5-6H2;1-4H,5-6H2,(H,11,12). The van der Waals surface area contributed by atoms with Crippen molar-refractivity contribution >= 4 is 46.0 Å². The van der Waals surface area contributed by atoms with Crippen molar-refractivity contribution in [3.63, 3.8) is 0 Å². The third-order valence-corrected chi connectivity index (χ3v) is 4.04. The molecule has 0 spiro atoms. The van der Waals surface area contributed by atoms with Crippen molar-refractivity contribution in [2.75, 3.05) is 0 Å². The molecule has 2 aromatic rings. The fourth-order valence-electron chi connectivity index (χ4n) is 1.88. The molecule has 0 aliphatic rings. The molecule has 2 aromatic carbocycles. The topological polar surface area (TPSA) is 54.4 Å². The summed E-state index contributed by atoms with van der Waals surface area (Å²) in [5, 5.41) is 9.43. The van der Waals surface area contributed by atoms with Gasteiger partial charge in [0.25, 0.3) is 0 Å². The van der Waals surface area contributed by atoms with Crippen LogP contribution in [0.25, 0.3) is 0 Å². The number of carboxylic acids is 1. The molecule has 128 valence electrons. The van der Waals surface area contributed by atoms with E-state index in [-0.39, 0.29) is 11.7 Å². The van der Waals surface area contributed by atoms with Crippen molar-refractivity contribution in [1.29, 1.82) is 0 Å². The highest BCUT2D eigenvalue weighted by Crippen LogP contribution is 2.17. The quantitative estimate of drug-likeness (QED) is 0.676. The first-order valence-electron chi connectivity index (χ1n) is 7.27. The summed E-state index contributed by atoms with van der Waals surface area (Å²) in [5.41, 5.74) is 1.86. The second-order valence-corrected chi connectivity index (χ2v) is 6.17. The monoisotopic (exact) mass is 386 g/mol. The van der Waals surface area contributed by atoms with E-state index in [1.807, 2.05) is 36.4 Å². The predicted octanol–water partition coefficient (Wildman–Crippen LogP) is 5.40. The molecule has 0 saturated heterocycles. The molecule has 0 aliphatic carbocycles. The maximum absolute atomic E-state index is 10.5. The van der Waals surface area contributed by atoms with Crippen LogP contribution < -0.4 is 0 Å². The van der Waals surface area contributed by atoms with Crippen LogP contribution in [-0.2, 0) is 22.4 Å². The Morgan fingerprint density at radius 3 is 1.58 bits per heavy atom. The molecule has 1 N–H and O–H groups in total. The van der Waals surface area contributed by atoms with Crippen LogP contribution in [-0.4, -0.2) is 16.3 Å². The van der Waals surface area contributed by atoms with Crippen LogP contribution in [0.15, 0.2) is 48.5 Å². The van der Waals surface area contributed by atoms with Crippen molar-refractivity contribution in [2.45, 2.75) is 25.7 Å². The first-order chi connectivity index (χ1) is 11.4. The van der Waals surface area contributed by atoms with Gasteiger partial charge in [-0.25, -0.2) is 0 Å². The van der Waals surface area contributed by atoms with Gasteiger partial charge in [-0.15, -0.1) is 0 Å². The molecule has 0 unspecified atom stereocenters. The molecule has 0 aromatic heterocycles. The summed E-state index contributed by atoms with van der Waals surface area (Å²) in [6.07, 6.45) is 1.58. The van der Waals surface area contributed by atoms with Gasteiger partial charge in [0, 0.05) is 22.9 Å². The molecule has 0 atom stereocenters. The zero-order valence-electron chi connectivity index (χ0n) is 12.8. The van der Waals surface area contributed by atoms with Gasteiger partial charge in [-0.05, 0) is 47.7 Å². The maximum atomic E-state index is 10.5. The number of rotatable bonds is 6. The first kappa shape index (κ1) is 20.5. The van der Waals surface area contributed by atoms with Crippen LogP contribution >= 0.6 is 34.8 Å². The minimum Gasteiger partial charge on any atom is -0.481 e. The molecule has 3 nitrogen and oxygen atoms in total. The molecule has 0 bridgehead atoms. The summed E-state index contributed by atoms with van der Waals surface area (Å²) < 4.78 is 0. The minimum atomic E-state index is -0.796. The number of carbonyl (C=O) groups is 2. The van der Waals surface area contributed by atoms with Crippen LogP contribution in [0.5, 0.6) is 0 Å². The van der Waals surface area contributed by atoms with Crippen LogP contribution in [0.4, 0.5) is 0 Å². The Hall–Kier alpha value is -1.55. The minimum absolute atomic E-state index is 0.129. The molecule has 6 heteroatoms. The van der Waals surface area contributed by atoms with Crippen molar-refractivity contribution in [3.05, 3.63) is 69.7 Å². The summed E-state index contributed by atoms with van der Waals surface area (Å²) in [5.74, 6) is -0.796. The average molecular weight is 388 g/mol. The van der Waals surface area contributed by atoms with Crippen LogP contribution in [0.3, 0.4) is 0 Å². The summed E-state index contributed by atoms with van der Waals surface area (Å²) in [6, 6.07) is 14.7. The van der Waals surface area contributed by atoms with Crippen molar-refractivity contribution in [2.24, 2.45) is 0 Å². The smallest absolute Gasteiger partial charge is 0.303 e. The Bertz CT molecular complexity index is 627. The van der Waals surface area contributed by atoms with E-state index in [0.29, 0.717) is 29.3 Å². The molecule has 24 heavy (non-hydrogen) atoms. The highest BCUT2D eigenvalue weighted by Gasteiger charge is 2.02. The van der Waals surface area contributed by atoms with E-state index in [1.165, 1.54) is 0 Å². The van der Waals surface area contributed by atoms with E-state index in [0.717, 1.165) is 11.1 Å². The lowest BCUT2D eigenvalue weighted by Gasteiger charge is -1.99. The number of halogens is 3. The molecule has 0 aliphatic heterocycles. The Morgan fingerprint density at radius 1 is 0.792 bits per heavy atom. The number of hydrogen-bond acceptors (Lipinski definition) is 2. The zero-order chi connectivity index (χ0) is 17.9. The highest BCUT2D eigenvalue weighted by molar-refractivity contribution is 6.63. The van der Waals surface area contributed by atoms with Gasteiger partial charge >= 0.3 is 5.97 Å². The average Bonchev–Trinajstić information content (AvgIpc) is 2.54. The zero-order valence-corrected chi connectivity index (χ0v) is 15.1. The Morgan fingerprint density at radius 2 is 1.21 bits per heavy atom. The third kappa shape index (κ3) is 8.34. The number of carboxylic acid groups (broad SMARTS) is 1. The van der Waals surface area contributed by atoms with Crippen LogP contribution in [0, 0.1) is 0 Å². The molecular formula is C18H17Cl3O3. The lowest BCUT2D eigenvalue weighted by molar-refractivity contribution is -0.137. The summed E-state index contributed by atoms with van der Waals surface area (Å²) in [6.45, 7) is 0. The van der Waals surface area contributed by atoms with Gasteiger partial charge in [-0.1, -0.05) is 59.6 Å². The van der Waals surface area contributed by atoms with Crippen molar-refractivity contribution in [1.82, 2.24) is 0 Å². The Kier molecular flexibility index (Phi) is 9.46. The van der Waals surface area contributed by atoms with Gasteiger partial charge in [0.05, 0.1) is 0 Å². The fourth-order valence-corrected chi connectivity index (χ4v) is 2.43. The van der Waals surface area contributed by atoms with E-state index in [9.17, 15) is 9.59 Å². The molecule has 2 rings (SSSR count). The van der Waals surface area contributed by atoms with Crippen LogP contribution in [0.1, 0.15) is 24.0 Å². The molecule has 0 saturated carbocycles. The van der Waals surface area contributed by atoms with E-state index in [1.54, 1.807) is 12.1 Å². The van der Waals surface area contributed by atoms with Gasteiger partial charge in [0.15, 0.2) is 0 Å². The third-order valence-electron chi connectivity index (χ3n) is 3.11. The highest BCUT2D eigenvalue weighted by atomic mass is 35.5. The van der Waals surface area contributed by atoms with E-state index < -0.39 is 5.97 Å². The molecule has 0 amide bonds. The molecule has 0 heterocycles. The maximum Gasteiger partial charge on any atom is 0.303 e. The van der Waals surface area contributed by atoms with Gasteiger partial charge < -0.3 is 5.11 Å². The van der Waals surface area contributed by atoms with E-state index in [2.05, 4.69) is 0 Å². The Balaban J connectivity index is 0.000000240. The van der Waals surface area contributed by atoms with Gasteiger partial charge in [-0.2, -0.15) is 0 Å². The fraction of sp³-hybridized carbons (Fsp3) is 0.222. The van der Waals surface area contributed by atoms with Gasteiger partial charge in [0.2, 0.25) is 5.24 Å². The molecular weight excluding hydrogens is 371 g/mol. The summed E-state index contributed by atoms with van der Waals surface area (Å²) in [7, 11) is 0. The van der Waals surface area contributed by atoms with Gasteiger partial charge in [0.1, 0.15) is 0 Å². The molecule has 0 radical (unpaired) electrons. The van der Waals surface area contributed by atoms with Gasteiger partial charge in [-0.3, -0.25) is 9.59 Å². The number of benzene rings is 2. The van der Waals surface area contributed by atoms with Crippen molar-refractivity contribution in [3.8, 4) is 0 Å².